The van der Waals surface area contributed by atoms with Crippen LogP contribution in [0.4, 0.5) is 34.1 Å². The van der Waals surface area contributed by atoms with E-state index in [1.807, 2.05) is 0 Å². The molecule has 8 bridgehead atoms. The van der Waals surface area contributed by atoms with Crippen LogP contribution < -0.4 is 38.2 Å². The van der Waals surface area contributed by atoms with Crippen molar-refractivity contribution in [2.45, 2.75) is 350 Å². The maximum absolute atomic E-state index is 7.24. The van der Waals surface area contributed by atoms with Crippen molar-refractivity contribution in [3.05, 3.63) is 263 Å². The number of para-hydroxylation sites is 4. The van der Waals surface area contributed by atoms with Gasteiger partial charge in [-0.15, -0.1) is 0 Å². The van der Waals surface area contributed by atoms with Crippen molar-refractivity contribution in [3.8, 4) is 80.4 Å². The molecule has 2 N–H and O–H groups in total. The predicted molar refractivity (Wildman–Crippen MR) is 613 cm³/mol. The highest BCUT2D eigenvalue weighted by Crippen LogP contribution is 2.48. The Hall–Kier alpha value is -12.1. The third kappa shape index (κ3) is 35.1. The highest BCUT2D eigenvalue weighted by Gasteiger charge is 2.26. The van der Waals surface area contributed by atoms with Crippen LogP contribution in [0.2, 0.25) is 0 Å². The maximum atomic E-state index is 7.24. The molecule has 2 aliphatic heterocycles. The minimum absolute atomic E-state index is 0.536. The van der Waals surface area contributed by atoms with Crippen LogP contribution in [0.5, 0.6) is 34.5 Å². The van der Waals surface area contributed by atoms with E-state index in [9.17, 15) is 0 Å². The molecule has 0 saturated heterocycles. The van der Waals surface area contributed by atoms with Gasteiger partial charge in [-0.2, -0.15) is 0 Å². The van der Waals surface area contributed by atoms with Crippen molar-refractivity contribution >= 4 is 80.5 Å². The number of ether oxygens (including phenoxy) is 6. The summed E-state index contributed by atoms with van der Waals surface area (Å²) in [5.41, 5.74) is 18.9. The summed E-state index contributed by atoms with van der Waals surface area (Å²) in [6.07, 6.45) is 65.7. The number of H-pyrrole nitrogens is 2. The van der Waals surface area contributed by atoms with Crippen molar-refractivity contribution in [2.24, 2.45) is 0 Å². The maximum Gasteiger partial charge on any atom is 0.203 e. The molecule has 0 radical (unpaired) electrons. The summed E-state index contributed by atoms with van der Waals surface area (Å²) in [6.45, 7) is 17.0. The molecule has 0 spiro atoms. The first kappa shape index (κ1) is 109. The van der Waals surface area contributed by atoms with Crippen LogP contribution in [0.3, 0.4) is 0 Å². The quantitative estimate of drug-likeness (QED) is 0.0282. The van der Waals surface area contributed by atoms with E-state index in [4.69, 9.17) is 38.4 Å². The van der Waals surface area contributed by atoms with Crippen LogP contribution in [0.1, 0.15) is 395 Å². The van der Waals surface area contributed by atoms with Gasteiger partial charge < -0.3 is 48.2 Å². The molecule has 8 aromatic carbocycles. The number of nitrogens with zero attached hydrogens (tertiary/aromatic N) is 4. The van der Waals surface area contributed by atoms with Gasteiger partial charge in [0, 0.05) is 67.4 Å². The SMILES string of the molecule is CCCCCCCCCCOc1cc(-c2c3nc(c(C#Cc4ccc(N(c5ccccc5)c5ccccc5)cc4)c4ccc([nH]4)c(-c4cc(OCCCCCCCCCC)c(OCCCCCCCCCC)c(OCCCCCCCCCC)c4)c4nc(c(C#Cc5ccc(N(c6ccccc6)c6ccccc6)cc5)c5ccc2[nH]5)C=C4)C=C3)cc(OCCCCCCCCCC)c1OCCCCCCCCCC. The van der Waals surface area contributed by atoms with Gasteiger partial charge in [0.2, 0.25) is 11.5 Å². The van der Waals surface area contributed by atoms with Crippen molar-refractivity contribution in [2.75, 3.05) is 49.4 Å². The van der Waals surface area contributed by atoms with Gasteiger partial charge in [0.15, 0.2) is 23.0 Å². The van der Waals surface area contributed by atoms with E-state index in [0.717, 1.165) is 189 Å². The van der Waals surface area contributed by atoms with Gasteiger partial charge in [0.05, 0.1) is 84.6 Å². The Morgan fingerprint density at radius 1 is 0.215 bits per heavy atom. The number of benzene rings is 8. The fourth-order valence-corrected chi connectivity index (χ4v) is 19.6. The van der Waals surface area contributed by atoms with E-state index in [1.165, 1.54) is 231 Å². The summed E-state index contributed by atoms with van der Waals surface area (Å²) in [6, 6.07) is 77.0. The number of nitrogens with one attached hydrogen (secondary N) is 2. The van der Waals surface area contributed by atoms with Crippen LogP contribution >= 0.6 is 0 Å². The Balaban J connectivity index is 1.04. The molecule has 0 atom stereocenters. The minimum atomic E-state index is 0.536. The number of hydrogen-bond acceptors (Lipinski definition) is 10. The van der Waals surface area contributed by atoms with Crippen molar-refractivity contribution < 1.29 is 28.4 Å². The molecular formula is C132H168N6O6. The molecule has 12 heteroatoms. The van der Waals surface area contributed by atoms with E-state index in [0.29, 0.717) is 85.5 Å². The summed E-state index contributed by atoms with van der Waals surface area (Å²) in [5, 5.41) is 0. The Labute approximate surface area is 866 Å². The molecule has 12 nitrogen and oxygen atoms in total. The lowest BCUT2D eigenvalue weighted by Gasteiger charge is -2.25. The van der Waals surface area contributed by atoms with E-state index < -0.39 is 0 Å². The number of unbranched alkanes of at least 4 members (excludes halogenated alkanes) is 42. The topological polar surface area (TPSA) is 119 Å². The highest BCUT2D eigenvalue weighted by atomic mass is 16.5. The zero-order valence-corrected chi connectivity index (χ0v) is 88.5. The zero-order chi connectivity index (χ0) is 99.7. The minimum Gasteiger partial charge on any atom is -0.490 e. The van der Waals surface area contributed by atoms with E-state index in [-0.39, 0.29) is 0 Å². The van der Waals surface area contributed by atoms with Gasteiger partial charge in [-0.05, 0) is 220 Å². The molecule has 0 aliphatic carbocycles. The molecule has 5 heterocycles. The summed E-state index contributed by atoms with van der Waals surface area (Å²) >= 11 is 0. The molecule has 13 rings (SSSR count). The first-order valence-electron chi connectivity index (χ1n) is 56.7. The Bertz CT molecular complexity index is 5390. The molecule has 2 aliphatic rings. The second kappa shape index (κ2) is 63.9. The fourth-order valence-electron chi connectivity index (χ4n) is 19.6. The molecule has 0 amide bonds. The Morgan fingerprint density at radius 2 is 0.431 bits per heavy atom. The highest BCUT2D eigenvalue weighted by molar-refractivity contribution is 5.97. The standard InChI is InChI=1S/C132H168N6O6/c1-7-13-19-25-31-37-43-61-95-139-125-101-107(102-126(140-96-62-44-38-32-26-20-14-8-2)131(125)143-99-65-47-41-35-29-23-17-11-5)129-121-91-87-117(133-121)115(85-79-105-75-81-113(82-76-105)137(109-67-53-49-54-68-109)110-69-55-50-56-70-110)119-89-93-123(135-119)130(124-94-90-120(136-124)116(118-88-92-122(129)134-118)86-80-106-77-83-114(84-78-106)138(111-71-57-51-58-72-111)112-73-59-52-60-74-112)108-103-127(141-97-63-45-39-33-27-21-15-9-3)132(144-100-66-48-42-36-30-24-18-12-6)128(104-108)142-98-64-46-40-34-28-22-16-10-4/h49-60,67-78,81-84,87-94,101-104,133,136H,7-48,61-66,95-100H2,1-6H3. The van der Waals surface area contributed by atoms with Crippen LogP contribution in [0.25, 0.3) is 68.6 Å². The number of aromatic nitrogens is 4. The molecule has 3 aromatic heterocycles. The lowest BCUT2D eigenvalue weighted by atomic mass is 10.0. The molecule has 0 fully saturated rings. The average molecular weight is 1930 g/mol. The molecule has 0 saturated carbocycles. The molecular weight excluding hydrogens is 1770 g/mol. The van der Waals surface area contributed by atoms with Gasteiger partial charge in [0.25, 0.3) is 0 Å². The van der Waals surface area contributed by atoms with Crippen LogP contribution in [-0.4, -0.2) is 59.6 Å². The number of hydrogen-bond donors (Lipinski definition) is 2. The van der Waals surface area contributed by atoms with Gasteiger partial charge >= 0.3 is 0 Å². The summed E-state index contributed by atoms with van der Waals surface area (Å²) in [5.74, 6) is 19.1. The van der Waals surface area contributed by atoms with Crippen LogP contribution in [0, 0.1) is 23.7 Å². The summed E-state index contributed by atoms with van der Waals surface area (Å²) in [7, 11) is 0. The molecule has 0 unspecified atom stereocenters. The monoisotopic (exact) mass is 1930 g/mol. The smallest absolute Gasteiger partial charge is 0.203 e. The second-order valence-corrected chi connectivity index (χ2v) is 39.7. The number of rotatable bonds is 68. The predicted octanol–water partition coefficient (Wildman–Crippen LogP) is 38.8. The van der Waals surface area contributed by atoms with Crippen molar-refractivity contribution in [1.29, 1.82) is 0 Å². The van der Waals surface area contributed by atoms with Gasteiger partial charge in [-0.1, -0.05) is 408 Å². The van der Waals surface area contributed by atoms with Gasteiger partial charge in [-0.25, -0.2) is 9.97 Å². The Kier molecular flexibility index (Phi) is 48.4. The summed E-state index contributed by atoms with van der Waals surface area (Å²) in [4.78, 5) is 24.6. The molecule has 144 heavy (non-hydrogen) atoms. The van der Waals surface area contributed by atoms with Crippen molar-refractivity contribution in [3.63, 3.8) is 0 Å². The summed E-state index contributed by atoms with van der Waals surface area (Å²) < 4.78 is 43.3. The number of anilines is 6. The lowest BCUT2D eigenvalue weighted by molar-refractivity contribution is 0.234. The second-order valence-electron chi connectivity index (χ2n) is 39.7. The third-order valence-electron chi connectivity index (χ3n) is 27.9. The molecule has 762 valence electrons. The fraction of sp³-hybridized carbons (Fsp3) is 0.455. The molecule has 11 aromatic rings. The van der Waals surface area contributed by atoms with Crippen LogP contribution in [-0.2, 0) is 0 Å². The largest absolute Gasteiger partial charge is 0.490 e. The number of aromatic amines is 2. The zero-order valence-electron chi connectivity index (χ0n) is 88.5. The number of fused-ring (bicyclic) bond motifs is 8. The van der Waals surface area contributed by atoms with Crippen LogP contribution in [0.15, 0.2) is 218 Å². The third-order valence-corrected chi connectivity index (χ3v) is 27.9. The average Bonchev–Trinajstić information content (AvgIpc) is 1.70. The Morgan fingerprint density at radius 3 is 0.681 bits per heavy atom. The van der Waals surface area contributed by atoms with Gasteiger partial charge in [-0.3, -0.25) is 0 Å². The lowest BCUT2D eigenvalue weighted by Crippen LogP contribution is -2.09. The normalized spacial score (nSPS) is 11.5. The first-order chi connectivity index (χ1) is 71.3. The van der Waals surface area contributed by atoms with Gasteiger partial charge in [0.1, 0.15) is 0 Å². The first-order valence-corrected chi connectivity index (χ1v) is 56.7. The van der Waals surface area contributed by atoms with E-state index >= 15 is 0 Å². The van der Waals surface area contributed by atoms with Crippen molar-refractivity contribution in [1.82, 2.24) is 19.9 Å². The van der Waals surface area contributed by atoms with E-state index in [1.54, 1.807) is 0 Å². The van der Waals surface area contributed by atoms with E-state index in [2.05, 4.69) is 328 Å².